The number of rotatable bonds is 5. The standard InChI is InChI=1S/C19H22O8/c1-8-4-10-5-11(26-19-18(24)16(22)13(7-20)27-19)6-12(25-3)15(10)17(23)14(8)9(2)21/h4-6,13,16,18-20,22-24H,7H2,1-3H3/t13-,16-,18-,19+/m1/s1. The summed E-state index contributed by atoms with van der Waals surface area (Å²) < 4.78 is 16.3. The fraction of sp³-hybridized carbons (Fsp3) is 0.421. The van der Waals surface area contributed by atoms with Gasteiger partial charge in [-0.25, -0.2) is 0 Å². The van der Waals surface area contributed by atoms with Crippen LogP contribution in [0, 0.1) is 6.92 Å². The molecular weight excluding hydrogens is 356 g/mol. The predicted octanol–water partition coefficient (Wildman–Crippen LogP) is 0.883. The van der Waals surface area contributed by atoms with Crippen molar-refractivity contribution in [3.05, 3.63) is 29.3 Å². The first-order chi connectivity index (χ1) is 12.8. The largest absolute Gasteiger partial charge is 0.506 e. The molecule has 0 bridgehead atoms. The molecule has 0 unspecified atom stereocenters. The van der Waals surface area contributed by atoms with Gasteiger partial charge in [0.05, 0.1) is 24.7 Å². The summed E-state index contributed by atoms with van der Waals surface area (Å²) in [7, 11) is 1.41. The summed E-state index contributed by atoms with van der Waals surface area (Å²) in [5.74, 6) is 0.104. The fourth-order valence-electron chi connectivity index (χ4n) is 3.37. The van der Waals surface area contributed by atoms with Gasteiger partial charge in [-0.05, 0) is 30.9 Å². The molecule has 1 saturated heterocycles. The van der Waals surface area contributed by atoms with E-state index in [1.807, 2.05) is 0 Å². The molecule has 2 aromatic rings. The summed E-state index contributed by atoms with van der Waals surface area (Å²) in [6.07, 6.45) is -4.73. The zero-order chi connectivity index (χ0) is 19.9. The maximum atomic E-state index is 11.8. The second-order valence-electron chi connectivity index (χ2n) is 6.52. The Morgan fingerprint density at radius 3 is 2.48 bits per heavy atom. The van der Waals surface area contributed by atoms with Gasteiger partial charge in [0.1, 0.15) is 35.6 Å². The monoisotopic (exact) mass is 378 g/mol. The highest BCUT2D eigenvalue weighted by Gasteiger charge is 2.44. The van der Waals surface area contributed by atoms with E-state index in [4.69, 9.17) is 19.3 Å². The number of carbonyl (C=O) groups is 1. The maximum Gasteiger partial charge on any atom is 0.229 e. The van der Waals surface area contributed by atoms with Gasteiger partial charge in [-0.2, -0.15) is 0 Å². The van der Waals surface area contributed by atoms with Crippen molar-refractivity contribution < 1.29 is 39.4 Å². The molecule has 1 heterocycles. The van der Waals surface area contributed by atoms with Crippen molar-refractivity contribution in [2.24, 2.45) is 0 Å². The number of aryl methyl sites for hydroxylation is 1. The molecule has 4 N–H and O–H groups in total. The molecule has 4 atom stereocenters. The lowest BCUT2D eigenvalue weighted by Crippen LogP contribution is -2.35. The molecule has 8 nitrogen and oxygen atoms in total. The Morgan fingerprint density at radius 1 is 1.22 bits per heavy atom. The Balaban J connectivity index is 2.04. The van der Waals surface area contributed by atoms with Crippen LogP contribution in [0.1, 0.15) is 22.8 Å². The number of Topliss-reactive ketones (excluding diaryl/α,β-unsaturated/α-hetero) is 1. The summed E-state index contributed by atoms with van der Waals surface area (Å²) in [5.41, 5.74) is 0.817. The number of phenolic OH excluding ortho intramolecular Hbond substituents is 1. The number of carbonyl (C=O) groups excluding carboxylic acids is 1. The van der Waals surface area contributed by atoms with Crippen LogP contribution in [0.5, 0.6) is 17.2 Å². The minimum absolute atomic E-state index is 0.172. The van der Waals surface area contributed by atoms with Crippen molar-refractivity contribution >= 4 is 16.6 Å². The molecule has 0 aromatic heterocycles. The summed E-state index contributed by atoms with van der Waals surface area (Å²) in [5, 5.41) is 40.5. The zero-order valence-corrected chi connectivity index (χ0v) is 15.2. The quantitative estimate of drug-likeness (QED) is 0.565. The van der Waals surface area contributed by atoms with Crippen LogP contribution in [-0.4, -0.2) is 64.5 Å². The van der Waals surface area contributed by atoms with Crippen molar-refractivity contribution in [1.29, 1.82) is 0 Å². The summed E-state index contributed by atoms with van der Waals surface area (Å²) in [4.78, 5) is 11.8. The number of methoxy groups -OCH3 is 1. The van der Waals surface area contributed by atoms with E-state index in [0.29, 0.717) is 16.3 Å². The summed E-state index contributed by atoms with van der Waals surface area (Å²) in [6, 6.07) is 4.80. The van der Waals surface area contributed by atoms with E-state index >= 15 is 0 Å². The SMILES string of the molecule is COc1cc(O[C@H]2O[C@H](CO)[C@@H](O)[C@H]2O)cc2cc(C)c(C(C)=O)c(O)c12. The Kier molecular flexibility index (Phi) is 5.25. The third-order valence-corrected chi connectivity index (χ3v) is 4.67. The van der Waals surface area contributed by atoms with E-state index in [1.54, 1.807) is 19.1 Å². The third kappa shape index (κ3) is 3.32. The van der Waals surface area contributed by atoms with Crippen molar-refractivity contribution in [1.82, 2.24) is 0 Å². The molecule has 0 saturated carbocycles. The zero-order valence-electron chi connectivity index (χ0n) is 15.2. The predicted molar refractivity (Wildman–Crippen MR) is 95.3 cm³/mol. The smallest absolute Gasteiger partial charge is 0.229 e. The second-order valence-corrected chi connectivity index (χ2v) is 6.52. The number of ether oxygens (including phenoxy) is 3. The van der Waals surface area contributed by atoms with E-state index in [-0.39, 0.29) is 28.6 Å². The Bertz CT molecular complexity index is 878. The molecule has 146 valence electrons. The molecule has 27 heavy (non-hydrogen) atoms. The van der Waals surface area contributed by atoms with Gasteiger partial charge in [-0.1, -0.05) is 6.07 Å². The molecule has 1 aliphatic heterocycles. The molecule has 1 aliphatic rings. The van der Waals surface area contributed by atoms with E-state index in [9.17, 15) is 20.1 Å². The first-order valence-corrected chi connectivity index (χ1v) is 8.42. The molecule has 3 rings (SSSR count). The van der Waals surface area contributed by atoms with Crippen molar-refractivity contribution in [2.75, 3.05) is 13.7 Å². The van der Waals surface area contributed by atoms with Crippen LogP contribution < -0.4 is 9.47 Å². The molecule has 1 fully saturated rings. The van der Waals surface area contributed by atoms with Gasteiger partial charge in [-0.15, -0.1) is 0 Å². The number of aliphatic hydroxyl groups excluding tert-OH is 3. The van der Waals surface area contributed by atoms with Gasteiger partial charge >= 0.3 is 0 Å². The van der Waals surface area contributed by atoms with Crippen LogP contribution in [0.4, 0.5) is 0 Å². The summed E-state index contributed by atoms with van der Waals surface area (Å²) >= 11 is 0. The normalized spacial score (nSPS) is 25.0. The number of hydrogen-bond donors (Lipinski definition) is 4. The lowest BCUT2D eigenvalue weighted by atomic mass is 9.97. The maximum absolute atomic E-state index is 11.8. The lowest BCUT2D eigenvalue weighted by Gasteiger charge is -2.19. The van der Waals surface area contributed by atoms with Gasteiger partial charge in [-0.3, -0.25) is 4.79 Å². The molecule has 0 spiro atoms. The van der Waals surface area contributed by atoms with Crippen LogP contribution in [0.15, 0.2) is 18.2 Å². The van der Waals surface area contributed by atoms with E-state index < -0.39 is 31.2 Å². The van der Waals surface area contributed by atoms with Crippen LogP contribution in [0.2, 0.25) is 0 Å². The summed E-state index contributed by atoms with van der Waals surface area (Å²) in [6.45, 7) is 2.63. The first-order valence-electron chi connectivity index (χ1n) is 8.42. The van der Waals surface area contributed by atoms with Crippen LogP contribution in [0.3, 0.4) is 0 Å². The highest BCUT2D eigenvalue weighted by atomic mass is 16.7. The number of aromatic hydroxyl groups is 1. The topological polar surface area (TPSA) is 126 Å². The Morgan fingerprint density at radius 2 is 1.93 bits per heavy atom. The van der Waals surface area contributed by atoms with Gasteiger partial charge in [0.2, 0.25) is 6.29 Å². The minimum atomic E-state index is -1.33. The lowest BCUT2D eigenvalue weighted by molar-refractivity contribution is -0.116. The molecule has 0 radical (unpaired) electrons. The first kappa shape index (κ1) is 19.4. The van der Waals surface area contributed by atoms with Crippen LogP contribution in [-0.2, 0) is 4.74 Å². The van der Waals surface area contributed by atoms with Crippen molar-refractivity contribution in [2.45, 2.75) is 38.4 Å². The number of phenols is 1. The van der Waals surface area contributed by atoms with Crippen LogP contribution in [0.25, 0.3) is 10.8 Å². The second kappa shape index (κ2) is 7.32. The van der Waals surface area contributed by atoms with Gasteiger partial charge in [0, 0.05) is 6.07 Å². The van der Waals surface area contributed by atoms with E-state index in [0.717, 1.165) is 0 Å². The number of aliphatic hydroxyl groups is 3. The Hall–Kier alpha value is -2.39. The molecule has 0 aliphatic carbocycles. The van der Waals surface area contributed by atoms with E-state index in [2.05, 4.69) is 0 Å². The molecule has 2 aromatic carbocycles. The van der Waals surface area contributed by atoms with Gasteiger partial charge in [0.15, 0.2) is 5.78 Å². The average molecular weight is 378 g/mol. The van der Waals surface area contributed by atoms with Crippen LogP contribution >= 0.6 is 0 Å². The molecular formula is C19H22O8. The van der Waals surface area contributed by atoms with E-state index in [1.165, 1.54) is 20.1 Å². The highest BCUT2D eigenvalue weighted by Crippen LogP contribution is 2.41. The Labute approximate surface area is 155 Å². The van der Waals surface area contributed by atoms with Gasteiger partial charge < -0.3 is 34.6 Å². The number of hydrogen-bond acceptors (Lipinski definition) is 8. The molecule has 8 heteroatoms. The third-order valence-electron chi connectivity index (χ3n) is 4.67. The van der Waals surface area contributed by atoms with Crippen molar-refractivity contribution in [3.8, 4) is 17.2 Å². The average Bonchev–Trinajstić information content (AvgIpc) is 2.88. The molecule has 0 amide bonds. The number of fused-ring (bicyclic) bond motifs is 1. The number of benzene rings is 2. The fourth-order valence-corrected chi connectivity index (χ4v) is 3.37. The number of ketones is 1. The van der Waals surface area contributed by atoms with Crippen molar-refractivity contribution in [3.63, 3.8) is 0 Å². The minimum Gasteiger partial charge on any atom is -0.506 e. The highest BCUT2D eigenvalue weighted by molar-refractivity contribution is 6.07. The van der Waals surface area contributed by atoms with Gasteiger partial charge in [0.25, 0.3) is 0 Å².